The molecule has 16 heavy (non-hydrogen) atoms. The Labute approximate surface area is 96.1 Å². The third-order valence-electron chi connectivity index (χ3n) is 2.46. The second-order valence-electron chi connectivity index (χ2n) is 3.93. The summed E-state index contributed by atoms with van der Waals surface area (Å²) in [6, 6.07) is 0.0351. The Morgan fingerprint density at radius 1 is 1.56 bits per heavy atom. The average molecular weight is 224 g/mol. The van der Waals surface area contributed by atoms with Crippen LogP contribution in [0.4, 0.5) is 11.8 Å². The van der Waals surface area contributed by atoms with Gasteiger partial charge in [-0.2, -0.15) is 4.98 Å². The van der Waals surface area contributed by atoms with Crippen LogP contribution in [-0.4, -0.2) is 27.7 Å². The van der Waals surface area contributed by atoms with Gasteiger partial charge in [-0.25, -0.2) is 4.98 Å². The summed E-state index contributed by atoms with van der Waals surface area (Å²) in [4.78, 5) is 8.01. The Morgan fingerprint density at radius 3 is 2.94 bits per heavy atom. The van der Waals surface area contributed by atoms with Gasteiger partial charge in [0.05, 0.1) is 12.6 Å². The van der Waals surface area contributed by atoms with Crippen molar-refractivity contribution >= 4 is 11.8 Å². The fourth-order valence-corrected chi connectivity index (χ4v) is 1.45. The normalized spacial score (nSPS) is 12.4. The van der Waals surface area contributed by atoms with Gasteiger partial charge in [-0.3, -0.25) is 0 Å². The molecule has 0 fully saturated rings. The zero-order valence-electron chi connectivity index (χ0n) is 9.90. The fourth-order valence-electron chi connectivity index (χ4n) is 1.45. The van der Waals surface area contributed by atoms with Crippen LogP contribution in [0.2, 0.25) is 0 Å². The lowest BCUT2D eigenvalue weighted by Crippen LogP contribution is -2.25. The molecule has 5 heteroatoms. The lowest BCUT2D eigenvalue weighted by molar-refractivity contribution is 0.267. The molecule has 1 aromatic heterocycles. The number of aromatic nitrogens is 2. The highest BCUT2D eigenvalue weighted by atomic mass is 16.3. The molecule has 0 saturated carbocycles. The lowest BCUT2D eigenvalue weighted by Gasteiger charge is -2.17. The smallest absolute Gasteiger partial charge is 0.221 e. The molecule has 1 unspecified atom stereocenters. The highest BCUT2D eigenvalue weighted by molar-refractivity contribution is 5.45. The van der Waals surface area contributed by atoms with E-state index in [0.717, 1.165) is 24.8 Å². The number of nitrogens with zero attached hydrogens (tertiary/aromatic N) is 2. The number of unbranched alkanes of at least 4 members (excludes halogenated alkanes) is 1. The van der Waals surface area contributed by atoms with Crippen LogP contribution in [0, 0.1) is 6.92 Å². The number of nitrogens with one attached hydrogen (secondary N) is 1. The Bertz CT molecular complexity index is 330. The Morgan fingerprint density at radius 2 is 2.31 bits per heavy atom. The number of anilines is 2. The van der Waals surface area contributed by atoms with Gasteiger partial charge in [-0.1, -0.05) is 19.8 Å². The number of aliphatic hydroxyl groups is 1. The molecule has 5 nitrogen and oxygen atoms in total. The summed E-state index contributed by atoms with van der Waals surface area (Å²) in [6.07, 6.45) is 4.80. The highest BCUT2D eigenvalue weighted by Gasteiger charge is 2.09. The minimum Gasteiger partial charge on any atom is -0.394 e. The minimum absolute atomic E-state index is 0.0351. The minimum atomic E-state index is 0.0351. The van der Waals surface area contributed by atoms with E-state index in [-0.39, 0.29) is 18.6 Å². The van der Waals surface area contributed by atoms with Gasteiger partial charge in [0.2, 0.25) is 5.95 Å². The molecule has 0 saturated heterocycles. The molecule has 1 aromatic rings. The van der Waals surface area contributed by atoms with E-state index in [1.54, 1.807) is 6.20 Å². The van der Waals surface area contributed by atoms with Gasteiger partial charge in [-0.15, -0.1) is 0 Å². The monoisotopic (exact) mass is 224 g/mol. The van der Waals surface area contributed by atoms with E-state index in [9.17, 15) is 5.11 Å². The zero-order valence-corrected chi connectivity index (χ0v) is 9.90. The summed E-state index contributed by atoms with van der Waals surface area (Å²) in [5, 5.41) is 12.4. The summed E-state index contributed by atoms with van der Waals surface area (Å²) >= 11 is 0. The molecular formula is C11H20N4O. The average Bonchev–Trinajstić information content (AvgIpc) is 2.28. The lowest BCUT2D eigenvalue weighted by atomic mass is 10.1. The predicted octanol–water partition coefficient (Wildman–Crippen LogP) is 1.33. The first-order chi connectivity index (χ1) is 7.67. The van der Waals surface area contributed by atoms with Crippen LogP contribution in [0.5, 0.6) is 0 Å². The second kappa shape index (κ2) is 6.27. The number of nitrogens with two attached hydrogens (primary N) is 1. The molecule has 1 rings (SSSR count). The van der Waals surface area contributed by atoms with Crippen LogP contribution in [0.25, 0.3) is 0 Å². The van der Waals surface area contributed by atoms with Gasteiger partial charge in [0.1, 0.15) is 5.82 Å². The first-order valence-corrected chi connectivity index (χ1v) is 5.63. The number of aliphatic hydroxyl groups excluding tert-OH is 1. The Hall–Kier alpha value is -1.36. The maximum absolute atomic E-state index is 9.24. The van der Waals surface area contributed by atoms with Crippen molar-refractivity contribution in [2.24, 2.45) is 0 Å². The molecule has 0 radical (unpaired) electrons. The van der Waals surface area contributed by atoms with Crippen molar-refractivity contribution < 1.29 is 5.11 Å². The fraction of sp³-hybridized carbons (Fsp3) is 0.636. The van der Waals surface area contributed by atoms with Crippen molar-refractivity contribution in [1.82, 2.24) is 9.97 Å². The molecule has 1 atom stereocenters. The van der Waals surface area contributed by atoms with Crippen LogP contribution in [0.3, 0.4) is 0 Å². The van der Waals surface area contributed by atoms with Crippen molar-refractivity contribution in [3.8, 4) is 0 Å². The van der Waals surface area contributed by atoms with Crippen molar-refractivity contribution in [1.29, 1.82) is 0 Å². The topological polar surface area (TPSA) is 84.1 Å². The van der Waals surface area contributed by atoms with E-state index in [4.69, 9.17) is 5.73 Å². The molecule has 4 N–H and O–H groups in total. The third-order valence-corrected chi connectivity index (χ3v) is 2.46. The first-order valence-electron chi connectivity index (χ1n) is 5.63. The molecule has 90 valence electrons. The predicted molar refractivity (Wildman–Crippen MR) is 65.2 cm³/mol. The second-order valence-corrected chi connectivity index (χ2v) is 3.93. The molecule has 0 aliphatic heterocycles. The number of hydrogen-bond acceptors (Lipinski definition) is 5. The largest absolute Gasteiger partial charge is 0.394 e. The van der Waals surface area contributed by atoms with E-state index in [1.165, 1.54) is 0 Å². The van der Waals surface area contributed by atoms with E-state index in [2.05, 4.69) is 22.2 Å². The molecular weight excluding hydrogens is 204 g/mol. The van der Waals surface area contributed by atoms with Gasteiger partial charge >= 0.3 is 0 Å². The van der Waals surface area contributed by atoms with Gasteiger partial charge in [0, 0.05) is 11.8 Å². The van der Waals surface area contributed by atoms with Crippen molar-refractivity contribution in [2.75, 3.05) is 17.7 Å². The maximum atomic E-state index is 9.24. The van der Waals surface area contributed by atoms with E-state index in [0.29, 0.717) is 5.82 Å². The van der Waals surface area contributed by atoms with Gasteiger partial charge in [0.15, 0.2) is 0 Å². The highest BCUT2D eigenvalue weighted by Crippen LogP contribution is 2.14. The molecule has 0 aliphatic carbocycles. The number of aryl methyl sites for hydroxylation is 1. The van der Waals surface area contributed by atoms with Gasteiger partial charge in [-0.05, 0) is 13.3 Å². The standard InChI is InChI=1S/C11H20N4O/c1-3-4-5-9(7-16)14-10-8(2)6-13-11(12)15-10/h6,9,16H,3-5,7H2,1-2H3,(H3,12,13,14,15). The maximum Gasteiger partial charge on any atom is 0.221 e. The number of hydrogen-bond donors (Lipinski definition) is 3. The van der Waals surface area contributed by atoms with Crippen LogP contribution >= 0.6 is 0 Å². The van der Waals surface area contributed by atoms with Gasteiger partial charge < -0.3 is 16.2 Å². The number of rotatable bonds is 6. The quantitative estimate of drug-likeness (QED) is 0.679. The summed E-state index contributed by atoms with van der Waals surface area (Å²) in [6.45, 7) is 4.14. The van der Waals surface area contributed by atoms with E-state index >= 15 is 0 Å². The molecule has 0 aliphatic rings. The zero-order chi connectivity index (χ0) is 12.0. The summed E-state index contributed by atoms with van der Waals surface area (Å²) in [5.74, 6) is 0.961. The van der Waals surface area contributed by atoms with Crippen LogP contribution in [0.15, 0.2) is 6.20 Å². The Balaban J connectivity index is 2.65. The van der Waals surface area contributed by atoms with Crippen LogP contribution in [0.1, 0.15) is 31.7 Å². The SMILES string of the molecule is CCCCC(CO)Nc1nc(N)ncc1C. The molecule has 0 bridgehead atoms. The molecule has 0 amide bonds. The first kappa shape index (κ1) is 12.7. The third kappa shape index (κ3) is 3.66. The van der Waals surface area contributed by atoms with Gasteiger partial charge in [0.25, 0.3) is 0 Å². The van der Waals surface area contributed by atoms with Crippen LogP contribution in [-0.2, 0) is 0 Å². The summed E-state index contributed by atoms with van der Waals surface area (Å²) < 4.78 is 0. The van der Waals surface area contributed by atoms with E-state index < -0.39 is 0 Å². The summed E-state index contributed by atoms with van der Waals surface area (Å²) in [5.41, 5.74) is 6.45. The Kier molecular flexibility index (Phi) is 4.98. The van der Waals surface area contributed by atoms with Crippen LogP contribution < -0.4 is 11.1 Å². The molecule has 0 aromatic carbocycles. The number of nitrogen functional groups attached to an aromatic ring is 1. The molecule has 1 heterocycles. The van der Waals surface area contributed by atoms with Crippen molar-refractivity contribution in [2.45, 2.75) is 39.2 Å². The molecule has 0 spiro atoms. The van der Waals surface area contributed by atoms with E-state index in [1.807, 2.05) is 6.92 Å². The van der Waals surface area contributed by atoms with Crippen molar-refractivity contribution in [3.63, 3.8) is 0 Å². The summed E-state index contributed by atoms with van der Waals surface area (Å²) in [7, 11) is 0. The van der Waals surface area contributed by atoms with Crippen molar-refractivity contribution in [3.05, 3.63) is 11.8 Å².